The number of rotatable bonds is 4. The van der Waals surface area contributed by atoms with E-state index in [2.05, 4.69) is 73.0 Å². The number of piperidine rings is 1. The Morgan fingerprint density at radius 3 is 2.52 bits per heavy atom. The van der Waals surface area contributed by atoms with Crippen molar-refractivity contribution in [3.05, 3.63) is 59.7 Å². The molecule has 4 nitrogen and oxygen atoms in total. The van der Waals surface area contributed by atoms with Crippen molar-refractivity contribution in [3.63, 3.8) is 0 Å². The minimum absolute atomic E-state index is 0.107. The van der Waals surface area contributed by atoms with Crippen molar-refractivity contribution in [1.29, 1.82) is 0 Å². The van der Waals surface area contributed by atoms with Crippen LogP contribution in [-0.4, -0.2) is 61.2 Å². The number of hydrogen-bond acceptors (Lipinski definition) is 4. The lowest BCUT2D eigenvalue weighted by molar-refractivity contribution is -0.00557. The molecule has 156 valence electrons. The molecule has 0 radical (unpaired) electrons. The number of anilines is 1. The first-order valence-corrected chi connectivity index (χ1v) is 10.9. The summed E-state index contributed by atoms with van der Waals surface area (Å²) in [6.45, 7) is 10.3. The van der Waals surface area contributed by atoms with Crippen LogP contribution >= 0.6 is 0 Å². The zero-order chi connectivity index (χ0) is 20.6. The van der Waals surface area contributed by atoms with Crippen molar-refractivity contribution in [2.75, 3.05) is 45.2 Å². The lowest BCUT2D eigenvalue weighted by Gasteiger charge is -2.53. The maximum atomic E-state index is 10.0. The molecule has 1 unspecified atom stereocenters. The molecule has 0 bridgehead atoms. The summed E-state index contributed by atoms with van der Waals surface area (Å²) in [5.41, 5.74) is 4.03. The summed E-state index contributed by atoms with van der Waals surface area (Å²) in [7, 11) is 4.17. The molecule has 2 fully saturated rings. The van der Waals surface area contributed by atoms with Gasteiger partial charge in [0.05, 0.1) is 0 Å². The molecule has 0 saturated carbocycles. The van der Waals surface area contributed by atoms with Gasteiger partial charge >= 0.3 is 0 Å². The number of phenolic OH excluding ortho intramolecular Hbond substituents is 1. The summed E-state index contributed by atoms with van der Waals surface area (Å²) in [4.78, 5) is 7.46. The van der Waals surface area contributed by atoms with Gasteiger partial charge in [-0.2, -0.15) is 0 Å². The minimum Gasteiger partial charge on any atom is -0.508 e. The summed E-state index contributed by atoms with van der Waals surface area (Å²) in [6.07, 6.45) is 1.15. The van der Waals surface area contributed by atoms with Crippen molar-refractivity contribution in [2.24, 2.45) is 5.92 Å². The molecule has 2 aromatic carbocycles. The van der Waals surface area contributed by atoms with Crippen LogP contribution in [0.2, 0.25) is 0 Å². The summed E-state index contributed by atoms with van der Waals surface area (Å²) >= 11 is 0. The lowest BCUT2D eigenvalue weighted by Crippen LogP contribution is -2.60. The number of piperazine rings is 1. The molecule has 4 rings (SSSR count). The molecule has 0 aliphatic carbocycles. The van der Waals surface area contributed by atoms with Crippen molar-refractivity contribution >= 4 is 5.69 Å². The average molecular weight is 394 g/mol. The van der Waals surface area contributed by atoms with E-state index in [-0.39, 0.29) is 5.41 Å². The predicted octanol–water partition coefficient (Wildman–Crippen LogP) is 3.94. The maximum Gasteiger partial charge on any atom is 0.115 e. The van der Waals surface area contributed by atoms with E-state index in [1.54, 1.807) is 6.07 Å². The number of hydrogen-bond donors (Lipinski definition) is 1. The van der Waals surface area contributed by atoms with Crippen molar-refractivity contribution in [1.82, 2.24) is 9.80 Å². The van der Waals surface area contributed by atoms with Gasteiger partial charge in [0.15, 0.2) is 0 Å². The monoisotopic (exact) mass is 393 g/mol. The Morgan fingerprint density at radius 2 is 1.83 bits per heavy atom. The molecule has 0 aromatic heterocycles. The van der Waals surface area contributed by atoms with Gasteiger partial charge in [-0.05, 0) is 53.1 Å². The minimum atomic E-state index is 0.107. The fourth-order valence-corrected chi connectivity index (χ4v) is 5.20. The van der Waals surface area contributed by atoms with E-state index in [4.69, 9.17) is 0 Å². The van der Waals surface area contributed by atoms with Crippen molar-refractivity contribution in [3.8, 4) is 5.75 Å². The molecule has 29 heavy (non-hydrogen) atoms. The van der Waals surface area contributed by atoms with Crippen LogP contribution in [0.1, 0.15) is 31.4 Å². The van der Waals surface area contributed by atoms with E-state index in [0.29, 0.717) is 17.7 Å². The van der Waals surface area contributed by atoms with Gasteiger partial charge in [-0.1, -0.05) is 38.1 Å². The van der Waals surface area contributed by atoms with Gasteiger partial charge in [0, 0.05) is 58.5 Å². The first kappa shape index (κ1) is 20.2. The average Bonchev–Trinajstić information content (AvgIpc) is 2.69. The third-order valence-electron chi connectivity index (χ3n) is 7.31. The highest BCUT2D eigenvalue weighted by Crippen LogP contribution is 2.43. The standard InChI is InChI=1S/C25H35N3O/c1-19-16-28-13-12-27(17-20-8-10-22(11-9-20)26(3)4)18-23(28)15-25(19,2)21-6-5-7-24(29)14-21/h5-11,14,19,23,29H,12-13,15-18H2,1-4H3/t19-,23+,25?/m0/s1. The van der Waals surface area contributed by atoms with Crippen molar-refractivity contribution in [2.45, 2.75) is 38.3 Å². The number of phenols is 1. The number of benzene rings is 2. The van der Waals surface area contributed by atoms with Gasteiger partial charge in [0.1, 0.15) is 5.75 Å². The first-order valence-electron chi connectivity index (χ1n) is 10.9. The SMILES string of the molecule is C[C@H]1CN2CCN(Cc3ccc(N(C)C)cc3)C[C@H]2CC1(C)c1cccc(O)c1. The van der Waals surface area contributed by atoms with Gasteiger partial charge in [0.2, 0.25) is 0 Å². The molecule has 2 saturated heterocycles. The quantitative estimate of drug-likeness (QED) is 0.852. The Labute approximate surface area is 175 Å². The molecule has 2 aliphatic rings. The number of nitrogens with zero attached hydrogens (tertiary/aromatic N) is 3. The van der Waals surface area contributed by atoms with Crippen LogP contribution in [0.3, 0.4) is 0 Å². The van der Waals surface area contributed by atoms with Crippen LogP contribution in [0.25, 0.3) is 0 Å². The second-order valence-electron chi connectivity index (χ2n) is 9.52. The Hall–Kier alpha value is -2.04. The smallest absolute Gasteiger partial charge is 0.115 e. The number of aromatic hydroxyl groups is 1. The molecule has 2 aromatic rings. The van der Waals surface area contributed by atoms with Gasteiger partial charge < -0.3 is 10.0 Å². The second kappa shape index (κ2) is 8.00. The van der Waals surface area contributed by atoms with E-state index in [1.807, 2.05) is 12.1 Å². The van der Waals surface area contributed by atoms with Crippen LogP contribution in [0.5, 0.6) is 5.75 Å². The highest BCUT2D eigenvalue weighted by molar-refractivity contribution is 5.46. The Morgan fingerprint density at radius 1 is 1.07 bits per heavy atom. The molecule has 3 atom stereocenters. The third kappa shape index (κ3) is 4.15. The zero-order valence-corrected chi connectivity index (χ0v) is 18.3. The maximum absolute atomic E-state index is 10.0. The predicted molar refractivity (Wildman–Crippen MR) is 121 cm³/mol. The van der Waals surface area contributed by atoms with E-state index in [1.165, 1.54) is 16.8 Å². The third-order valence-corrected chi connectivity index (χ3v) is 7.31. The van der Waals surface area contributed by atoms with Gasteiger partial charge in [-0.25, -0.2) is 0 Å². The topological polar surface area (TPSA) is 30.0 Å². The van der Waals surface area contributed by atoms with Gasteiger partial charge in [-0.3, -0.25) is 9.80 Å². The van der Waals surface area contributed by atoms with E-state index in [0.717, 1.165) is 39.1 Å². The molecule has 4 heteroatoms. The first-order chi connectivity index (χ1) is 13.8. The molecule has 2 heterocycles. The zero-order valence-electron chi connectivity index (χ0n) is 18.3. The Kier molecular flexibility index (Phi) is 5.58. The van der Waals surface area contributed by atoms with Crippen molar-refractivity contribution < 1.29 is 5.11 Å². The fourth-order valence-electron chi connectivity index (χ4n) is 5.20. The lowest BCUT2D eigenvalue weighted by atomic mass is 9.65. The summed E-state index contributed by atoms with van der Waals surface area (Å²) < 4.78 is 0. The van der Waals surface area contributed by atoms with Gasteiger partial charge in [0.25, 0.3) is 0 Å². The summed E-state index contributed by atoms with van der Waals surface area (Å²) in [5.74, 6) is 0.954. The molecule has 0 spiro atoms. The normalized spacial score (nSPS) is 28.1. The highest BCUT2D eigenvalue weighted by Gasteiger charge is 2.44. The summed E-state index contributed by atoms with van der Waals surface area (Å²) in [5, 5.41) is 10.0. The molecular weight excluding hydrogens is 358 g/mol. The second-order valence-corrected chi connectivity index (χ2v) is 9.52. The van der Waals surface area contributed by atoms with E-state index >= 15 is 0 Å². The molecule has 0 amide bonds. The van der Waals surface area contributed by atoms with E-state index < -0.39 is 0 Å². The molecule has 2 aliphatic heterocycles. The highest BCUT2D eigenvalue weighted by atomic mass is 16.3. The van der Waals surface area contributed by atoms with E-state index in [9.17, 15) is 5.11 Å². The molecule has 1 N–H and O–H groups in total. The van der Waals surface area contributed by atoms with Crippen LogP contribution < -0.4 is 4.90 Å². The van der Waals surface area contributed by atoms with Crippen LogP contribution in [-0.2, 0) is 12.0 Å². The Balaban J connectivity index is 1.46. The van der Waals surface area contributed by atoms with Gasteiger partial charge in [-0.15, -0.1) is 0 Å². The Bertz CT molecular complexity index is 834. The molecular formula is C25H35N3O. The summed E-state index contributed by atoms with van der Waals surface area (Å²) in [6, 6.07) is 17.5. The van der Waals surface area contributed by atoms with Crippen LogP contribution in [0.15, 0.2) is 48.5 Å². The van der Waals surface area contributed by atoms with Crippen LogP contribution in [0.4, 0.5) is 5.69 Å². The fraction of sp³-hybridized carbons (Fsp3) is 0.520. The largest absolute Gasteiger partial charge is 0.508 e. The number of fused-ring (bicyclic) bond motifs is 1. The van der Waals surface area contributed by atoms with Crippen LogP contribution in [0, 0.1) is 5.92 Å².